The van der Waals surface area contributed by atoms with Crippen LogP contribution in [-0.2, 0) is 11.3 Å². The van der Waals surface area contributed by atoms with Gasteiger partial charge in [0.15, 0.2) is 0 Å². The number of amides is 2. The normalized spacial score (nSPS) is 17.4. The second kappa shape index (κ2) is 7.59. The van der Waals surface area contributed by atoms with E-state index in [9.17, 15) is 4.79 Å². The van der Waals surface area contributed by atoms with Crippen LogP contribution in [0.5, 0.6) is 17.2 Å². The van der Waals surface area contributed by atoms with Crippen molar-refractivity contribution in [1.82, 2.24) is 4.90 Å². The summed E-state index contributed by atoms with van der Waals surface area (Å²) in [7, 11) is 3.24. The average Bonchev–Trinajstić information content (AvgIpc) is 2.74. The highest BCUT2D eigenvalue weighted by atomic mass is 16.7. The Morgan fingerprint density at radius 1 is 1.07 bits per heavy atom. The van der Waals surface area contributed by atoms with Crippen molar-refractivity contribution in [2.24, 2.45) is 0 Å². The van der Waals surface area contributed by atoms with Crippen molar-refractivity contribution in [3.05, 3.63) is 48.0 Å². The van der Waals surface area contributed by atoms with Gasteiger partial charge in [0.05, 0.1) is 20.8 Å². The highest BCUT2D eigenvalue weighted by Crippen LogP contribution is 2.38. The number of piperidine rings is 1. The molecule has 148 valence electrons. The van der Waals surface area contributed by atoms with Gasteiger partial charge >= 0.3 is 6.03 Å². The van der Waals surface area contributed by atoms with E-state index in [0.29, 0.717) is 44.0 Å². The van der Waals surface area contributed by atoms with Crippen LogP contribution in [0.15, 0.2) is 42.5 Å². The third kappa shape index (κ3) is 3.71. The Morgan fingerprint density at radius 3 is 2.57 bits per heavy atom. The molecule has 2 heterocycles. The molecule has 0 bridgehead atoms. The van der Waals surface area contributed by atoms with Gasteiger partial charge in [0, 0.05) is 43.2 Å². The fraction of sp³-hybridized carbons (Fsp3) is 0.381. The van der Waals surface area contributed by atoms with Crippen LogP contribution in [0.2, 0.25) is 0 Å². The first-order valence-corrected chi connectivity index (χ1v) is 9.31. The smallest absolute Gasteiger partial charge is 0.321 e. The SMILES string of the molecule is COc1cccc(NC(=O)N2CCC3(CC2)OCc2cc(OC)ccc2O3)c1. The molecule has 2 amide bonds. The van der Waals surface area contributed by atoms with Crippen LogP contribution in [0.1, 0.15) is 18.4 Å². The number of methoxy groups -OCH3 is 2. The van der Waals surface area contributed by atoms with Crippen LogP contribution >= 0.6 is 0 Å². The quantitative estimate of drug-likeness (QED) is 0.875. The van der Waals surface area contributed by atoms with Gasteiger partial charge in [-0.25, -0.2) is 4.79 Å². The number of urea groups is 1. The minimum atomic E-state index is -0.672. The van der Waals surface area contributed by atoms with E-state index in [1.807, 2.05) is 36.4 Å². The van der Waals surface area contributed by atoms with E-state index in [1.54, 1.807) is 25.2 Å². The second-order valence-corrected chi connectivity index (χ2v) is 6.92. The standard InChI is InChI=1S/C21H24N2O5/c1-25-17-5-3-4-16(13-17)22-20(24)23-10-8-21(9-11-23)27-14-15-12-18(26-2)6-7-19(15)28-21/h3-7,12-13H,8-11,14H2,1-2H3,(H,22,24). The molecule has 28 heavy (non-hydrogen) atoms. The van der Waals surface area contributed by atoms with E-state index >= 15 is 0 Å². The third-order valence-corrected chi connectivity index (χ3v) is 5.19. The second-order valence-electron chi connectivity index (χ2n) is 6.92. The number of benzene rings is 2. The number of carbonyl (C=O) groups is 1. The van der Waals surface area contributed by atoms with Gasteiger partial charge in [0.1, 0.15) is 17.2 Å². The molecular weight excluding hydrogens is 360 g/mol. The van der Waals surface area contributed by atoms with Gasteiger partial charge < -0.3 is 29.2 Å². The number of nitrogens with one attached hydrogen (secondary N) is 1. The molecule has 0 aromatic heterocycles. The van der Waals surface area contributed by atoms with Gasteiger partial charge in [0.2, 0.25) is 5.79 Å². The Labute approximate surface area is 164 Å². The van der Waals surface area contributed by atoms with Gasteiger partial charge in [-0.3, -0.25) is 0 Å². The van der Waals surface area contributed by atoms with Crippen molar-refractivity contribution in [3.63, 3.8) is 0 Å². The molecule has 2 aromatic rings. The summed E-state index contributed by atoms with van der Waals surface area (Å²) >= 11 is 0. The molecule has 1 spiro atoms. The first-order chi connectivity index (χ1) is 13.6. The molecular formula is C21H24N2O5. The van der Waals surface area contributed by atoms with Crippen molar-refractivity contribution in [2.75, 3.05) is 32.6 Å². The van der Waals surface area contributed by atoms with Crippen LogP contribution in [0.3, 0.4) is 0 Å². The predicted octanol–water partition coefficient (Wildman–Crippen LogP) is 3.64. The number of anilines is 1. The van der Waals surface area contributed by atoms with E-state index < -0.39 is 5.79 Å². The number of hydrogen-bond donors (Lipinski definition) is 1. The van der Waals surface area contributed by atoms with Gasteiger partial charge in [-0.15, -0.1) is 0 Å². The molecule has 4 rings (SSSR count). The fourth-order valence-corrected chi connectivity index (χ4v) is 3.53. The molecule has 1 saturated heterocycles. The number of rotatable bonds is 3. The summed E-state index contributed by atoms with van der Waals surface area (Å²) in [6, 6.07) is 12.9. The molecule has 2 aliphatic heterocycles. The van der Waals surface area contributed by atoms with Crippen molar-refractivity contribution in [2.45, 2.75) is 25.2 Å². The monoisotopic (exact) mass is 384 g/mol. The number of ether oxygens (including phenoxy) is 4. The van der Waals surface area contributed by atoms with E-state index in [0.717, 1.165) is 17.1 Å². The molecule has 2 aromatic carbocycles. The maximum absolute atomic E-state index is 12.6. The summed E-state index contributed by atoms with van der Waals surface area (Å²) in [5.41, 5.74) is 1.68. The largest absolute Gasteiger partial charge is 0.497 e. The number of carbonyl (C=O) groups excluding carboxylic acids is 1. The van der Waals surface area contributed by atoms with Gasteiger partial charge in [0.25, 0.3) is 0 Å². The minimum absolute atomic E-state index is 0.135. The summed E-state index contributed by atoms with van der Waals surface area (Å²) in [6.07, 6.45) is 1.23. The number of nitrogens with zero attached hydrogens (tertiary/aromatic N) is 1. The van der Waals surface area contributed by atoms with Gasteiger partial charge in [-0.2, -0.15) is 0 Å². The predicted molar refractivity (Wildman–Crippen MR) is 104 cm³/mol. The maximum atomic E-state index is 12.6. The van der Waals surface area contributed by atoms with Crippen LogP contribution in [0, 0.1) is 0 Å². The topological polar surface area (TPSA) is 69.3 Å². The highest BCUT2D eigenvalue weighted by molar-refractivity contribution is 5.89. The van der Waals surface area contributed by atoms with Crippen molar-refractivity contribution in [3.8, 4) is 17.2 Å². The van der Waals surface area contributed by atoms with E-state index in [4.69, 9.17) is 18.9 Å². The average molecular weight is 384 g/mol. The zero-order chi connectivity index (χ0) is 19.6. The molecule has 1 fully saturated rings. The number of hydrogen-bond acceptors (Lipinski definition) is 5. The summed E-state index contributed by atoms with van der Waals surface area (Å²) < 4.78 is 22.7. The van der Waals surface area contributed by atoms with Crippen LogP contribution < -0.4 is 19.5 Å². The molecule has 1 N–H and O–H groups in total. The Hall–Kier alpha value is -2.93. The maximum Gasteiger partial charge on any atom is 0.321 e. The van der Waals surface area contributed by atoms with E-state index in [-0.39, 0.29) is 6.03 Å². The fourth-order valence-electron chi connectivity index (χ4n) is 3.53. The van der Waals surface area contributed by atoms with Gasteiger partial charge in [-0.1, -0.05) is 6.07 Å². The Balaban J connectivity index is 1.37. The molecule has 0 atom stereocenters. The van der Waals surface area contributed by atoms with E-state index in [2.05, 4.69) is 5.32 Å². The molecule has 7 nitrogen and oxygen atoms in total. The lowest BCUT2D eigenvalue weighted by Gasteiger charge is -2.43. The lowest BCUT2D eigenvalue weighted by atomic mass is 10.0. The summed E-state index contributed by atoms with van der Waals surface area (Å²) in [5, 5.41) is 2.92. The van der Waals surface area contributed by atoms with Crippen molar-refractivity contribution < 1.29 is 23.7 Å². The molecule has 0 saturated carbocycles. The van der Waals surface area contributed by atoms with Crippen LogP contribution in [0.25, 0.3) is 0 Å². The first-order valence-electron chi connectivity index (χ1n) is 9.31. The molecule has 0 unspecified atom stereocenters. The van der Waals surface area contributed by atoms with Crippen molar-refractivity contribution in [1.29, 1.82) is 0 Å². The Morgan fingerprint density at radius 2 is 1.82 bits per heavy atom. The lowest BCUT2D eigenvalue weighted by molar-refractivity contribution is -0.225. The summed E-state index contributed by atoms with van der Waals surface area (Å²) in [4.78, 5) is 14.4. The minimum Gasteiger partial charge on any atom is -0.497 e. The highest BCUT2D eigenvalue weighted by Gasteiger charge is 2.42. The zero-order valence-corrected chi connectivity index (χ0v) is 16.1. The number of likely N-dealkylation sites (tertiary alicyclic amines) is 1. The molecule has 2 aliphatic rings. The van der Waals surface area contributed by atoms with E-state index in [1.165, 1.54) is 0 Å². The molecule has 7 heteroatoms. The number of fused-ring (bicyclic) bond motifs is 1. The first kappa shape index (κ1) is 18.4. The Bertz CT molecular complexity index is 862. The summed E-state index contributed by atoms with van der Waals surface area (Å²) in [5.74, 6) is 1.64. The van der Waals surface area contributed by atoms with Crippen molar-refractivity contribution >= 4 is 11.7 Å². The molecule has 0 aliphatic carbocycles. The zero-order valence-electron chi connectivity index (χ0n) is 16.1. The Kier molecular flexibility index (Phi) is 5.00. The van der Waals surface area contributed by atoms with Crippen LogP contribution in [-0.4, -0.2) is 44.0 Å². The lowest BCUT2D eigenvalue weighted by Crippen LogP contribution is -2.53. The molecule has 0 radical (unpaired) electrons. The summed E-state index contributed by atoms with van der Waals surface area (Å²) in [6.45, 7) is 1.59. The van der Waals surface area contributed by atoms with Gasteiger partial charge in [-0.05, 0) is 30.3 Å². The van der Waals surface area contributed by atoms with Crippen LogP contribution in [0.4, 0.5) is 10.5 Å². The third-order valence-electron chi connectivity index (χ3n) is 5.19.